The Morgan fingerprint density at radius 3 is 2.75 bits per heavy atom. The van der Waals surface area contributed by atoms with Gasteiger partial charge in [0.05, 0.1) is 12.4 Å². The number of aliphatic hydroxyl groups excluding tert-OH is 1. The van der Waals surface area contributed by atoms with Gasteiger partial charge in [-0.3, -0.25) is 4.79 Å². The summed E-state index contributed by atoms with van der Waals surface area (Å²) in [6.45, 7) is 0.796. The molecule has 0 unspecified atom stereocenters. The number of carbonyl (C=O) groups is 1. The van der Waals surface area contributed by atoms with E-state index in [1.54, 1.807) is 0 Å². The molecule has 0 heterocycles. The Hall–Kier alpha value is -1.00. The monoisotopic (exact) mass is 239 g/mol. The molecule has 0 fully saturated rings. The van der Waals surface area contributed by atoms with Crippen LogP contribution < -0.4 is 5.32 Å². The SMILES string of the molecule is O=C(CSCCO)NCCc1ccccc1. The van der Waals surface area contributed by atoms with Crippen molar-refractivity contribution >= 4 is 17.7 Å². The first-order valence-electron chi connectivity index (χ1n) is 5.32. The summed E-state index contributed by atoms with van der Waals surface area (Å²) in [4.78, 5) is 11.3. The van der Waals surface area contributed by atoms with Gasteiger partial charge >= 0.3 is 0 Å². The first-order chi connectivity index (χ1) is 7.83. The van der Waals surface area contributed by atoms with Gasteiger partial charge in [0, 0.05) is 12.3 Å². The van der Waals surface area contributed by atoms with E-state index in [2.05, 4.69) is 5.32 Å². The molecule has 1 rings (SSSR count). The Bertz CT molecular complexity index is 303. The Morgan fingerprint density at radius 2 is 2.06 bits per heavy atom. The lowest BCUT2D eigenvalue weighted by atomic mass is 10.1. The van der Waals surface area contributed by atoms with E-state index in [0.717, 1.165) is 6.42 Å². The van der Waals surface area contributed by atoms with Crippen LogP contribution in [-0.2, 0) is 11.2 Å². The zero-order valence-corrected chi connectivity index (χ0v) is 10.0. The van der Waals surface area contributed by atoms with Crippen molar-refractivity contribution in [2.45, 2.75) is 6.42 Å². The van der Waals surface area contributed by atoms with Crippen LogP contribution in [-0.4, -0.2) is 35.7 Å². The van der Waals surface area contributed by atoms with E-state index < -0.39 is 0 Å². The van der Waals surface area contributed by atoms with Gasteiger partial charge in [-0.05, 0) is 12.0 Å². The van der Waals surface area contributed by atoms with Crippen LogP contribution in [0.2, 0.25) is 0 Å². The highest BCUT2D eigenvalue weighted by Gasteiger charge is 2.00. The highest BCUT2D eigenvalue weighted by molar-refractivity contribution is 7.99. The normalized spacial score (nSPS) is 10.1. The molecule has 2 N–H and O–H groups in total. The highest BCUT2D eigenvalue weighted by Crippen LogP contribution is 1.99. The third kappa shape index (κ3) is 5.78. The minimum Gasteiger partial charge on any atom is -0.396 e. The summed E-state index contributed by atoms with van der Waals surface area (Å²) in [7, 11) is 0. The number of thioether (sulfide) groups is 1. The molecule has 0 saturated carbocycles. The van der Waals surface area contributed by atoms with Crippen LogP contribution in [0.15, 0.2) is 30.3 Å². The van der Waals surface area contributed by atoms with Crippen molar-refractivity contribution in [3.8, 4) is 0 Å². The van der Waals surface area contributed by atoms with Crippen LogP contribution in [0.5, 0.6) is 0 Å². The molecule has 1 aromatic rings. The van der Waals surface area contributed by atoms with Crippen molar-refractivity contribution in [3.63, 3.8) is 0 Å². The second-order valence-corrected chi connectivity index (χ2v) is 4.47. The molecule has 0 aliphatic carbocycles. The number of rotatable bonds is 7. The number of benzene rings is 1. The first-order valence-corrected chi connectivity index (χ1v) is 6.47. The second kappa shape index (κ2) is 8.19. The molecule has 0 atom stereocenters. The number of aliphatic hydroxyl groups is 1. The summed E-state index contributed by atoms with van der Waals surface area (Å²) in [5.41, 5.74) is 1.23. The largest absolute Gasteiger partial charge is 0.396 e. The fourth-order valence-corrected chi connectivity index (χ4v) is 1.83. The molecular weight excluding hydrogens is 222 g/mol. The van der Waals surface area contributed by atoms with E-state index in [1.807, 2.05) is 30.3 Å². The third-order valence-electron chi connectivity index (χ3n) is 2.05. The van der Waals surface area contributed by atoms with E-state index in [9.17, 15) is 4.79 Å². The van der Waals surface area contributed by atoms with Crippen molar-refractivity contribution in [2.75, 3.05) is 24.7 Å². The summed E-state index contributed by atoms with van der Waals surface area (Å²) in [6, 6.07) is 10.1. The summed E-state index contributed by atoms with van der Waals surface area (Å²) in [5, 5.41) is 11.4. The Labute approximate surface area is 100 Å². The lowest BCUT2D eigenvalue weighted by Gasteiger charge is -2.04. The van der Waals surface area contributed by atoms with E-state index in [-0.39, 0.29) is 12.5 Å². The lowest BCUT2D eigenvalue weighted by molar-refractivity contribution is -0.118. The zero-order valence-electron chi connectivity index (χ0n) is 9.19. The lowest BCUT2D eigenvalue weighted by Crippen LogP contribution is -2.27. The molecule has 0 aliphatic heterocycles. The van der Waals surface area contributed by atoms with Crippen LogP contribution in [0.1, 0.15) is 5.56 Å². The molecule has 0 aliphatic rings. The molecule has 1 amide bonds. The maximum Gasteiger partial charge on any atom is 0.230 e. The minimum atomic E-state index is 0.0365. The molecule has 16 heavy (non-hydrogen) atoms. The minimum absolute atomic E-state index is 0.0365. The fourth-order valence-electron chi connectivity index (χ4n) is 1.27. The zero-order chi connectivity index (χ0) is 11.6. The van der Waals surface area contributed by atoms with Crippen LogP contribution in [0.4, 0.5) is 0 Å². The summed E-state index contributed by atoms with van der Waals surface area (Å²) in [6.07, 6.45) is 0.858. The topological polar surface area (TPSA) is 49.3 Å². The van der Waals surface area contributed by atoms with E-state index in [4.69, 9.17) is 5.11 Å². The third-order valence-corrected chi connectivity index (χ3v) is 2.99. The molecule has 4 heteroatoms. The predicted molar refractivity (Wildman–Crippen MR) is 67.6 cm³/mol. The summed E-state index contributed by atoms with van der Waals surface area (Å²) >= 11 is 1.45. The van der Waals surface area contributed by atoms with E-state index in [0.29, 0.717) is 18.1 Å². The predicted octanol–water partition coefficient (Wildman–Crippen LogP) is 1.07. The van der Waals surface area contributed by atoms with Gasteiger partial charge < -0.3 is 10.4 Å². The maximum absolute atomic E-state index is 11.3. The van der Waals surface area contributed by atoms with Crippen molar-refractivity contribution in [1.82, 2.24) is 5.32 Å². The van der Waals surface area contributed by atoms with E-state index >= 15 is 0 Å². The highest BCUT2D eigenvalue weighted by atomic mass is 32.2. The maximum atomic E-state index is 11.3. The van der Waals surface area contributed by atoms with Gasteiger partial charge in [0.25, 0.3) is 0 Å². The van der Waals surface area contributed by atoms with Gasteiger partial charge in [0.2, 0.25) is 5.91 Å². The Morgan fingerprint density at radius 1 is 1.31 bits per heavy atom. The number of hydrogen-bond donors (Lipinski definition) is 2. The molecule has 0 radical (unpaired) electrons. The molecule has 1 aromatic carbocycles. The van der Waals surface area contributed by atoms with Gasteiger partial charge in [-0.1, -0.05) is 30.3 Å². The number of hydrogen-bond acceptors (Lipinski definition) is 3. The van der Waals surface area contributed by atoms with Crippen molar-refractivity contribution in [2.24, 2.45) is 0 Å². The van der Waals surface area contributed by atoms with Crippen LogP contribution in [0, 0.1) is 0 Å². The van der Waals surface area contributed by atoms with Gasteiger partial charge in [-0.2, -0.15) is 0 Å². The molecule has 3 nitrogen and oxygen atoms in total. The summed E-state index contributed by atoms with van der Waals surface area (Å²) < 4.78 is 0. The average molecular weight is 239 g/mol. The van der Waals surface area contributed by atoms with Gasteiger partial charge in [0.15, 0.2) is 0 Å². The molecule has 0 saturated heterocycles. The van der Waals surface area contributed by atoms with Crippen LogP contribution in [0.25, 0.3) is 0 Å². The molecule has 88 valence electrons. The van der Waals surface area contributed by atoms with Crippen LogP contribution >= 0.6 is 11.8 Å². The number of carbonyl (C=O) groups excluding carboxylic acids is 1. The second-order valence-electron chi connectivity index (χ2n) is 3.36. The number of amides is 1. The smallest absolute Gasteiger partial charge is 0.230 e. The number of nitrogens with one attached hydrogen (secondary N) is 1. The first kappa shape index (κ1) is 13.1. The molecule has 0 bridgehead atoms. The Balaban J connectivity index is 2.09. The van der Waals surface area contributed by atoms with Gasteiger partial charge in [0.1, 0.15) is 0 Å². The standard InChI is InChI=1S/C12H17NO2S/c14-8-9-16-10-12(15)13-7-6-11-4-2-1-3-5-11/h1-5,14H,6-10H2,(H,13,15). The van der Waals surface area contributed by atoms with Gasteiger partial charge in [-0.25, -0.2) is 0 Å². The van der Waals surface area contributed by atoms with Crippen LogP contribution in [0.3, 0.4) is 0 Å². The molecular formula is C12H17NO2S. The quantitative estimate of drug-likeness (QED) is 0.700. The van der Waals surface area contributed by atoms with Crippen molar-refractivity contribution < 1.29 is 9.90 Å². The average Bonchev–Trinajstić information content (AvgIpc) is 2.31. The summed E-state index contributed by atoms with van der Waals surface area (Å²) in [5.74, 6) is 1.08. The Kier molecular flexibility index (Phi) is 6.69. The van der Waals surface area contributed by atoms with Gasteiger partial charge in [-0.15, -0.1) is 11.8 Å². The van der Waals surface area contributed by atoms with Crippen molar-refractivity contribution in [1.29, 1.82) is 0 Å². The van der Waals surface area contributed by atoms with E-state index in [1.165, 1.54) is 17.3 Å². The molecule has 0 spiro atoms. The molecule has 0 aromatic heterocycles. The fraction of sp³-hybridized carbons (Fsp3) is 0.417. The van der Waals surface area contributed by atoms with Crippen molar-refractivity contribution in [3.05, 3.63) is 35.9 Å².